The maximum atomic E-state index is 12.0. The van der Waals surface area contributed by atoms with Crippen molar-refractivity contribution in [3.63, 3.8) is 0 Å². The molecule has 0 saturated carbocycles. The van der Waals surface area contributed by atoms with E-state index in [-0.39, 0.29) is 12.6 Å². The molecule has 1 atom stereocenters. The molecule has 0 spiro atoms. The molecular weight excluding hydrogens is 306 g/mol. The third-order valence-corrected chi connectivity index (χ3v) is 4.29. The maximum absolute atomic E-state index is 12.0. The molecule has 5 amide bonds. The van der Waals surface area contributed by atoms with Gasteiger partial charge in [0.1, 0.15) is 6.54 Å². The van der Waals surface area contributed by atoms with Gasteiger partial charge in [-0.2, -0.15) is 0 Å². The van der Waals surface area contributed by atoms with Crippen LogP contribution in [0.2, 0.25) is 0 Å². The van der Waals surface area contributed by atoms with Gasteiger partial charge in [-0.3, -0.25) is 19.3 Å². The topological polar surface area (TPSA) is 86.8 Å². The highest BCUT2D eigenvalue weighted by molar-refractivity contribution is 7.10. The molecule has 1 aromatic rings. The molecule has 0 unspecified atom stereocenters. The molecule has 7 nitrogen and oxygen atoms in total. The minimum absolute atomic E-state index is 0.174. The van der Waals surface area contributed by atoms with Gasteiger partial charge in [0.05, 0.1) is 6.04 Å². The van der Waals surface area contributed by atoms with Crippen molar-refractivity contribution in [3.8, 4) is 0 Å². The van der Waals surface area contributed by atoms with E-state index in [0.717, 1.165) is 9.78 Å². The summed E-state index contributed by atoms with van der Waals surface area (Å²) in [6.45, 7) is 3.33. The lowest BCUT2D eigenvalue weighted by molar-refractivity contribution is -0.144. The number of hydrogen-bond donors (Lipinski definition) is 1. The van der Waals surface area contributed by atoms with E-state index in [1.54, 1.807) is 6.92 Å². The lowest BCUT2D eigenvalue weighted by atomic mass is 10.2. The number of urea groups is 1. The molecule has 118 valence electrons. The molecule has 1 aromatic heterocycles. The summed E-state index contributed by atoms with van der Waals surface area (Å²) in [5.41, 5.74) is 0. The molecule has 0 bridgehead atoms. The van der Waals surface area contributed by atoms with E-state index in [1.165, 1.54) is 11.3 Å². The first-order valence-corrected chi connectivity index (χ1v) is 7.83. The van der Waals surface area contributed by atoms with Crippen LogP contribution in [0.4, 0.5) is 4.79 Å². The van der Waals surface area contributed by atoms with Crippen molar-refractivity contribution in [2.45, 2.75) is 26.3 Å². The standard InChI is InChI=1S/C14H17N3O4S/c1-3-6-16-12(19)13(20)17(14(16)21)8-11(18)15-9(2)10-5-4-7-22-10/h4-5,7,9H,3,6,8H2,1-2H3,(H,15,18)/t9-/m1/s1. The van der Waals surface area contributed by atoms with Crippen molar-refractivity contribution in [2.24, 2.45) is 0 Å². The van der Waals surface area contributed by atoms with Gasteiger partial charge in [0.2, 0.25) is 5.91 Å². The number of nitrogens with one attached hydrogen (secondary N) is 1. The van der Waals surface area contributed by atoms with Gasteiger partial charge in [0, 0.05) is 11.4 Å². The van der Waals surface area contributed by atoms with E-state index >= 15 is 0 Å². The number of rotatable bonds is 6. The molecule has 2 heterocycles. The molecule has 0 aliphatic carbocycles. The monoisotopic (exact) mass is 323 g/mol. The van der Waals surface area contributed by atoms with Gasteiger partial charge < -0.3 is 5.32 Å². The molecule has 1 N–H and O–H groups in total. The molecule has 8 heteroatoms. The number of carbonyl (C=O) groups excluding carboxylic acids is 4. The van der Waals surface area contributed by atoms with Gasteiger partial charge in [-0.15, -0.1) is 11.3 Å². The molecule has 1 aliphatic heterocycles. The van der Waals surface area contributed by atoms with Crippen LogP contribution in [0, 0.1) is 0 Å². The molecule has 1 aliphatic rings. The number of thiophene rings is 1. The smallest absolute Gasteiger partial charge is 0.334 e. The highest BCUT2D eigenvalue weighted by Crippen LogP contribution is 2.18. The van der Waals surface area contributed by atoms with E-state index in [2.05, 4.69) is 5.32 Å². The predicted molar refractivity (Wildman–Crippen MR) is 80.0 cm³/mol. The quantitative estimate of drug-likeness (QED) is 0.628. The lowest BCUT2D eigenvalue weighted by Crippen LogP contribution is -2.42. The largest absolute Gasteiger partial charge is 0.347 e. The van der Waals surface area contributed by atoms with Gasteiger partial charge in [-0.25, -0.2) is 9.69 Å². The number of nitrogens with zero attached hydrogens (tertiary/aromatic N) is 2. The summed E-state index contributed by atoms with van der Waals surface area (Å²) in [5.74, 6) is -2.29. The van der Waals surface area contributed by atoms with Crippen LogP contribution in [0.25, 0.3) is 0 Å². The van der Waals surface area contributed by atoms with E-state index in [4.69, 9.17) is 0 Å². The molecule has 22 heavy (non-hydrogen) atoms. The van der Waals surface area contributed by atoms with Crippen molar-refractivity contribution < 1.29 is 19.2 Å². The Morgan fingerprint density at radius 2 is 1.95 bits per heavy atom. The summed E-state index contributed by atoms with van der Waals surface area (Å²) >= 11 is 1.50. The summed E-state index contributed by atoms with van der Waals surface area (Å²) in [7, 11) is 0. The van der Waals surface area contributed by atoms with E-state index in [1.807, 2.05) is 24.4 Å². The highest BCUT2D eigenvalue weighted by atomic mass is 32.1. The molecular formula is C14H17N3O4S. The van der Waals surface area contributed by atoms with Gasteiger partial charge in [-0.05, 0) is 24.8 Å². The van der Waals surface area contributed by atoms with Crippen LogP contribution in [0.5, 0.6) is 0 Å². The minimum Gasteiger partial charge on any atom is -0.347 e. The molecule has 0 aromatic carbocycles. The minimum atomic E-state index is -0.947. The molecule has 2 rings (SSSR count). The van der Waals surface area contributed by atoms with Gasteiger partial charge in [0.15, 0.2) is 0 Å². The fourth-order valence-corrected chi connectivity index (χ4v) is 2.88. The molecule has 0 radical (unpaired) electrons. The Kier molecular flexibility index (Phi) is 4.92. The van der Waals surface area contributed by atoms with E-state index < -0.39 is 30.3 Å². The first-order chi connectivity index (χ1) is 10.5. The predicted octanol–water partition coefficient (Wildman–Crippen LogP) is 1.13. The van der Waals surface area contributed by atoms with Crippen molar-refractivity contribution >= 4 is 35.1 Å². The van der Waals surface area contributed by atoms with Gasteiger partial charge in [-0.1, -0.05) is 13.0 Å². The Balaban J connectivity index is 1.98. The van der Waals surface area contributed by atoms with Crippen molar-refractivity contribution in [1.82, 2.24) is 15.1 Å². The average Bonchev–Trinajstić information content (AvgIpc) is 3.07. The zero-order chi connectivity index (χ0) is 16.3. The fourth-order valence-electron chi connectivity index (χ4n) is 2.15. The van der Waals surface area contributed by atoms with Crippen molar-refractivity contribution in [1.29, 1.82) is 0 Å². The van der Waals surface area contributed by atoms with Crippen LogP contribution in [-0.2, 0) is 14.4 Å². The zero-order valence-corrected chi connectivity index (χ0v) is 13.2. The van der Waals surface area contributed by atoms with Crippen LogP contribution in [0.15, 0.2) is 17.5 Å². The number of imide groups is 2. The van der Waals surface area contributed by atoms with Crippen LogP contribution in [0.1, 0.15) is 31.2 Å². The third-order valence-electron chi connectivity index (χ3n) is 3.23. The number of amides is 5. The van der Waals surface area contributed by atoms with Crippen molar-refractivity contribution in [3.05, 3.63) is 22.4 Å². The van der Waals surface area contributed by atoms with E-state index in [9.17, 15) is 19.2 Å². The Hall–Kier alpha value is -2.22. The summed E-state index contributed by atoms with van der Waals surface area (Å²) < 4.78 is 0. The first-order valence-electron chi connectivity index (χ1n) is 6.95. The van der Waals surface area contributed by atoms with Gasteiger partial charge >= 0.3 is 17.8 Å². The van der Waals surface area contributed by atoms with Crippen LogP contribution in [-0.4, -0.2) is 46.6 Å². The second-order valence-electron chi connectivity index (χ2n) is 4.94. The Morgan fingerprint density at radius 1 is 1.27 bits per heavy atom. The summed E-state index contributed by atoms with van der Waals surface area (Å²) in [5, 5.41) is 4.60. The Morgan fingerprint density at radius 3 is 2.55 bits per heavy atom. The third kappa shape index (κ3) is 3.16. The zero-order valence-electron chi connectivity index (χ0n) is 12.4. The second kappa shape index (κ2) is 6.69. The summed E-state index contributed by atoms with van der Waals surface area (Å²) in [4.78, 5) is 50.0. The van der Waals surface area contributed by atoms with E-state index in [0.29, 0.717) is 11.3 Å². The van der Waals surface area contributed by atoms with Gasteiger partial charge in [0.25, 0.3) is 0 Å². The average molecular weight is 323 g/mol. The van der Waals surface area contributed by atoms with Crippen LogP contribution >= 0.6 is 11.3 Å². The van der Waals surface area contributed by atoms with Crippen LogP contribution in [0.3, 0.4) is 0 Å². The number of hydrogen-bond acceptors (Lipinski definition) is 5. The Labute approximate surface area is 131 Å². The molecule has 1 fully saturated rings. The lowest BCUT2D eigenvalue weighted by Gasteiger charge is -2.16. The normalized spacial score (nSPS) is 16.4. The summed E-state index contributed by atoms with van der Waals surface area (Å²) in [6.07, 6.45) is 0.556. The van der Waals surface area contributed by atoms with Crippen molar-refractivity contribution in [2.75, 3.05) is 13.1 Å². The maximum Gasteiger partial charge on any atom is 0.334 e. The SMILES string of the molecule is CCCN1C(=O)C(=O)N(CC(=O)N[C@H](C)c2cccs2)C1=O. The first kappa shape index (κ1) is 16.2. The highest BCUT2D eigenvalue weighted by Gasteiger charge is 2.44. The Bertz CT molecular complexity index is 599. The number of carbonyl (C=O) groups is 4. The fraction of sp³-hybridized carbons (Fsp3) is 0.429. The van der Waals surface area contributed by atoms with Crippen LogP contribution < -0.4 is 5.32 Å². The second-order valence-corrected chi connectivity index (χ2v) is 5.91. The molecule has 1 saturated heterocycles. The summed E-state index contributed by atoms with van der Waals surface area (Å²) in [6, 6.07) is 2.81.